The highest BCUT2D eigenvalue weighted by Crippen LogP contribution is 2.31. The molecule has 0 atom stereocenters. The fourth-order valence-electron chi connectivity index (χ4n) is 3.05. The van der Waals surface area contributed by atoms with Crippen molar-refractivity contribution in [3.63, 3.8) is 0 Å². The molecular weight excluding hydrogens is 453 g/mol. The van der Waals surface area contributed by atoms with Gasteiger partial charge in [-0.2, -0.15) is 18.3 Å². The lowest BCUT2D eigenvalue weighted by Gasteiger charge is -2.09. The molecule has 0 aliphatic rings. The van der Waals surface area contributed by atoms with Crippen LogP contribution in [0.25, 0.3) is 10.6 Å². The summed E-state index contributed by atoms with van der Waals surface area (Å²) in [5, 5.41) is 9.20. The normalized spacial score (nSPS) is 11.4. The number of anilines is 1. The number of ether oxygens (including phenoxy) is 1. The maximum absolute atomic E-state index is 12.7. The van der Waals surface area contributed by atoms with Crippen LogP contribution in [-0.4, -0.2) is 27.3 Å². The van der Waals surface area contributed by atoms with Gasteiger partial charge in [-0.15, -0.1) is 11.3 Å². The monoisotopic (exact) mass is 472 g/mol. The summed E-state index contributed by atoms with van der Waals surface area (Å²) >= 11 is 1.28. The third kappa shape index (κ3) is 6.19. The first-order valence-electron chi connectivity index (χ1n) is 9.99. The molecule has 10 heteroatoms. The second-order valence-corrected chi connectivity index (χ2v) is 7.95. The van der Waals surface area contributed by atoms with Crippen molar-refractivity contribution in [3.8, 4) is 16.3 Å². The van der Waals surface area contributed by atoms with Crippen LogP contribution in [-0.2, 0) is 23.9 Å². The van der Waals surface area contributed by atoms with Gasteiger partial charge in [0.15, 0.2) is 0 Å². The molecule has 1 N–H and O–H groups in total. The Kier molecular flexibility index (Phi) is 6.74. The standard InChI is InChI=1S/C23H19F3N4O2S/c24-23(25,26)17-7-5-16(6-8-17)22-29-19(15-33-22)14-21(31)28-18-3-1-4-20(13-18)32-12-11-30-10-2-9-27-30/h1-10,13,15H,11-12,14H2,(H,28,31). The van der Waals surface area contributed by atoms with Gasteiger partial charge in [0.05, 0.1) is 24.2 Å². The third-order valence-corrected chi connectivity index (χ3v) is 5.56. The van der Waals surface area contributed by atoms with Crippen LogP contribution in [0.5, 0.6) is 5.75 Å². The van der Waals surface area contributed by atoms with E-state index in [9.17, 15) is 18.0 Å². The van der Waals surface area contributed by atoms with Gasteiger partial charge in [0.25, 0.3) is 0 Å². The fourth-order valence-corrected chi connectivity index (χ4v) is 3.87. The van der Waals surface area contributed by atoms with Gasteiger partial charge in [-0.3, -0.25) is 9.48 Å². The summed E-state index contributed by atoms with van der Waals surface area (Å²) in [7, 11) is 0. The second kappa shape index (κ2) is 9.86. The lowest BCUT2D eigenvalue weighted by atomic mass is 10.1. The largest absolute Gasteiger partial charge is 0.492 e. The zero-order valence-corrected chi connectivity index (χ0v) is 18.1. The predicted octanol–water partition coefficient (Wildman–Crippen LogP) is 5.29. The highest BCUT2D eigenvalue weighted by molar-refractivity contribution is 7.13. The number of halogens is 3. The van der Waals surface area contributed by atoms with Crippen LogP contribution >= 0.6 is 11.3 Å². The molecule has 0 radical (unpaired) electrons. The Morgan fingerprint density at radius 2 is 1.94 bits per heavy atom. The van der Waals surface area contributed by atoms with Gasteiger partial charge >= 0.3 is 6.18 Å². The van der Waals surface area contributed by atoms with Crippen LogP contribution in [0.3, 0.4) is 0 Å². The molecule has 1 amide bonds. The van der Waals surface area contributed by atoms with Crippen LogP contribution in [0.4, 0.5) is 18.9 Å². The number of aromatic nitrogens is 3. The molecule has 0 unspecified atom stereocenters. The number of alkyl halides is 3. The van der Waals surface area contributed by atoms with Gasteiger partial charge in [0.1, 0.15) is 17.4 Å². The number of nitrogens with zero attached hydrogens (tertiary/aromatic N) is 3. The van der Waals surface area contributed by atoms with Crippen molar-refractivity contribution in [2.75, 3.05) is 11.9 Å². The smallest absolute Gasteiger partial charge is 0.416 e. The number of thiazole rings is 1. The molecule has 6 nitrogen and oxygen atoms in total. The SMILES string of the molecule is O=C(Cc1csc(-c2ccc(C(F)(F)F)cc2)n1)Nc1cccc(OCCn2cccn2)c1. The molecule has 0 spiro atoms. The Hall–Kier alpha value is -3.66. The molecule has 4 aromatic rings. The molecule has 33 heavy (non-hydrogen) atoms. The number of amides is 1. The van der Waals surface area contributed by atoms with E-state index >= 15 is 0 Å². The first kappa shape index (κ1) is 22.5. The van der Waals surface area contributed by atoms with E-state index in [1.165, 1.54) is 23.5 Å². The first-order valence-corrected chi connectivity index (χ1v) is 10.9. The second-order valence-electron chi connectivity index (χ2n) is 7.09. The molecular formula is C23H19F3N4O2S. The number of hydrogen-bond acceptors (Lipinski definition) is 5. The summed E-state index contributed by atoms with van der Waals surface area (Å²) in [5.74, 6) is 0.367. The highest BCUT2D eigenvalue weighted by atomic mass is 32.1. The van der Waals surface area contributed by atoms with Gasteiger partial charge in [-0.05, 0) is 30.3 Å². The summed E-state index contributed by atoms with van der Waals surface area (Å²) in [6, 6.07) is 13.7. The summed E-state index contributed by atoms with van der Waals surface area (Å²) in [4.78, 5) is 16.8. The molecule has 0 aliphatic heterocycles. The van der Waals surface area contributed by atoms with Crippen molar-refractivity contribution in [2.45, 2.75) is 19.1 Å². The minimum Gasteiger partial charge on any atom is -0.492 e. The zero-order chi connectivity index (χ0) is 23.3. The Bertz CT molecular complexity index is 1210. The fraction of sp³-hybridized carbons (Fsp3) is 0.174. The van der Waals surface area contributed by atoms with Crippen LogP contribution < -0.4 is 10.1 Å². The lowest BCUT2D eigenvalue weighted by molar-refractivity contribution is -0.137. The molecule has 170 valence electrons. The first-order chi connectivity index (χ1) is 15.9. The van der Waals surface area contributed by atoms with Crippen LogP contribution in [0.2, 0.25) is 0 Å². The minimum absolute atomic E-state index is 0.0432. The van der Waals surface area contributed by atoms with E-state index in [1.54, 1.807) is 40.5 Å². The Labute approximate surface area is 191 Å². The van der Waals surface area contributed by atoms with Gasteiger partial charge in [-0.25, -0.2) is 4.98 Å². The van der Waals surface area contributed by atoms with E-state index in [2.05, 4.69) is 15.4 Å². The maximum atomic E-state index is 12.7. The highest BCUT2D eigenvalue weighted by Gasteiger charge is 2.30. The molecule has 4 rings (SSSR count). The number of hydrogen-bond donors (Lipinski definition) is 1. The van der Waals surface area contributed by atoms with E-state index in [0.717, 1.165) is 12.1 Å². The molecule has 0 aliphatic carbocycles. The van der Waals surface area contributed by atoms with Crippen molar-refractivity contribution in [3.05, 3.63) is 83.6 Å². The summed E-state index contributed by atoms with van der Waals surface area (Å²) in [5.41, 5.74) is 0.989. The van der Waals surface area contributed by atoms with E-state index < -0.39 is 11.7 Å². The Morgan fingerprint density at radius 1 is 1.12 bits per heavy atom. The number of carbonyl (C=O) groups is 1. The van der Waals surface area contributed by atoms with Crippen LogP contribution in [0, 0.1) is 0 Å². The third-order valence-electron chi connectivity index (χ3n) is 4.62. The van der Waals surface area contributed by atoms with Gasteiger partial charge in [-0.1, -0.05) is 18.2 Å². The van der Waals surface area contributed by atoms with Crippen molar-refractivity contribution >= 4 is 22.9 Å². The predicted molar refractivity (Wildman–Crippen MR) is 119 cm³/mol. The average molecular weight is 472 g/mol. The summed E-state index contributed by atoms with van der Waals surface area (Å²) in [6.07, 6.45) is -0.791. The van der Waals surface area contributed by atoms with E-state index in [-0.39, 0.29) is 12.3 Å². The van der Waals surface area contributed by atoms with Crippen LogP contribution in [0.1, 0.15) is 11.3 Å². The minimum atomic E-state index is -4.38. The number of benzene rings is 2. The lowest BCUT2D eigenvalue weighted by Crippen LogP contribution is -2.14. The average Bonchev–Trinajstić information content (AvgIpc) is 3.46. The van der Waals surface area contributed by atoms with Gasteiger partial charge < -0.3 is 10.1 Å². The Morgan fingerprint density at radius 3 is 2.67 bits per heavy atom. The number of nitrogens with one attached hydrogen (secondary N) is 1. The Balaban J connectivity index is 1.31. The van der Waals surface area contributed by atoms with Crippen LogP contribution in [0.15, 0.2) is 72.4 Å². The number of carbonyl (C=O) groups excluding carboxylic acids is 1. The summed E-state index contributed by atoms with van der Waals surface area (Å²) in [6.45, 7) is 1.04. The molecule has 0 saturated heterocycles. The van der Waals surface area contributed by atoms with E-state index in [4.69, 9.17) is 4.74 Å². The summed E-state index contributed by atoms with van der Waals surface area (Å²) < 4.78 is 45.6. The van der Waals surface area contributed by atoms with Crippen molar-refractivity contribution in [2.24, 2.45) is 0 Å². The molecule has 2 heterocycles. The topological polar surface area (TPSA) is 69.0 Å². The van der Waals surface area contributed by atoms with Crippen molar-refractivity contribution < 1.29 is 22.7 Å². The molecule has 2 aromatic carbocycles. The quantitative estimate of drug-likeness (QED) is 0.379. The van der Waals surface area contributed by atoms with Crippen molar-refractivity contribution in [1.29, 1.82) is 0 Å². The molecule has 0 fully saturated rings. The van der Waals surface area contributed by atoms with E-state index in [0.29, 0.717) is 40.9 Å². The number of rotatable bonds is 8. The molecule has 2 aromatic heterocycles. The molecule has 0 saturated carbocycles. The van der Waals surface area contributed by atoms with Gasteiger partial charge in [0.2, 0.25) is 5.91 Å². The molecule has 0 bridgehead atoms. The maximum Gasteiger partial charge on any atom is 0.416 e. The van der Waals surface area contributed by atoms with Gasteiger partial charge in [0, 0.05) is 35.1 Å². The van der Waals surface area contributed by atoms with Crippen molar-refractivity contribution in [1.82, 2.24) is 14.8 Å². The zero-order valence-electron chi connectivity index (χ0n) is 17.2. The van der Waals surface area contributed by atoms with E-state index in [1.807, 2.05) is 12.3 Å².